The number of carboxylic acids is 1. The molecule has 0 spiro atoms. The van der Waals surface area contributed by atoms with E-state index in [0.29, 0.717) is 45.0 Å². The molecule has 14 heteroatoms. The minimum absolute atomic E-state index is 0. The average Bonchev–Trinajstić information content (AvgIpc) is 3.29. The summed E-state index contributed by atoms with van der Waals surface area (Å²) in [5.41, 5.74) is 4.12. The van der Waals surface area contributed by atoms with Gasteiger partial charge in [-0.1, -0.05) is 42.5 Å². The molecule has 11 nitrogen and oxygen atoms in total. The Morgan fingerprint density at radius 1 is 1.04 bits per heavy atom. The summed E-state index contributed by atoms with van der Waals surface area (Å²) in [4.78, 5) is 31.5. The van der Waals surface area contributed by atoms with Gasteiger partial charge >= 0.3 is 51.4 Å². The van der Waals surface area contributed by atoms with Crippen molar-refractivity contribution < 1.29 is 92.0 Å². The van der Waals surface area contributed by atoms with E-state index in [0.717, 1.165) is 16.5 Å². The van der Waals surface area contributed by atoms with Crippen LogP contribution >= 0.6 is 22.9 Å². The Kier molecular flexibility index (Phi) is 16.4. The summed E-state index contributed by atoms with van der Waals surface area (Å²) in [6.07, 6.45) is 6.24. The number of methoxy groups -OCH3 is 2. The summed E-state index contributed by atoms with van der Waals surface area (Å²) in [6.45, 7) is 5.59. The third kappa shape index (κ3) is 8.89. The molecule has 0 aliphatic heterocycles. The van der Waals surface area contributed by atoms with Crippen LogP contribution in [0.2, 0.25) is 5.02 Å². The van der Waals surface area contributed by atoms with E-state index in [9.17, 15) is 14.7 Å². The quantitative estimate of drug-likeness (QED) is 0.244. The fourth-order valence-corrected chi connectivity index (χ4v) is 7.14. The van der Waals surface area contributed by atoms with Crippen LogP contribution < -0.4 is 70.9 Å². The van der Waals surface area contributed by atoms with Crippen molar-refractivity contribution in [2.75, 3.05) is 25.7 Å². The van der Waals surface area contributed by atoms with Crippen molar-refractivity contribution in [3.63, 3.8) is 0 Å². The normalized spacial score (nSPS) is 15.4. The van der Waals surface area contributed by atoms with E-state index >= 15 is 0 Å². The van der Waals surface area contributed by atoms with Crippen LogP contribution in [-0.4, -0.2) is 58.6 Å². The van der Waals surface area contributed by atoms with Gasteiger partial charge in [-0.25, -0.2) is 4.98 Å². The van der Waals surface area contributed by atoms with Crippen LogP contribution in [0.15, 0.2) is 35.7 Å². The molecule has 2 unspecified atom stereocenters. The summed E-state index contributed by atoms with van der Waals surface area (Å²) < 4.78 is 12.3. The summed E-state index contributed by atoms with van der Waals surface area (Å²) in [5.74, 6) is 1.79. The molecule has 2 fully saturated rings. The fourth-order valence-electron chi connectivity index (χ4n) is 6.02. The van der Waals surface area contributed by atoms with Crippen LogP contribution in [0, 0.1) is 25.7 Å². The summed E-state index contributed by atoms with van der Waals surface area (Å²) in [7, 11) is 3.06. The van der Waals surface area contributed by atoms with Crippen molar-refractivity contribution in [1.29, 1.82) is 0 Å². The van der Waals surface area contributed by atoms with Gasteiger partial charge in [0.05, 0.1) is 43.0 Å². The second-order valence-corrected chi connectivity index (χ2v) is 12.2. The van der Waals surface area contributed by atoms with Gasteiger partial charge in [0.2, 0.25) is 0 Å². The van der Waals surface area contributed by atoms with Gasteiger partial charge in [0.15, 0.2) is 5.13 Å². The molecule has 2 saturated carbocycles. The Balaban J connectivity index is 0.000000937. The molecule has 246 valence electrons. The number of rotatable bonds is 8. The smallest absolute Gasteiger partial charge is 0.548 e. The zero-order chi connectivity index (χ0) is 30.1. The average molecular weight is 702 g/mol. The first-order valence-electron chi connectivity index (χ1n) is 14.1. The second-order valence-electron chi connectivity index (χ2n) is 10.9. The van der Waals surface area contributed by atoms with E-state index in [-0.39, 0.29) is 79.4 Å². The van der Waals surface area contributed by atoms with Crippen molar-refractivity contribution in [2.24, 2.45) is 11.8 Å². The number of aryl methyl sites for hydroxylation is 2. The number of carboxylic acid groups (broad SMARTS) is 1. The topological polar surface area (TPSA) is 191 Å². The first-order valence-corrected chi connectivity index (χ1v) is 15.4. The molecule has 1 amide bonds. The predicted molar refractivity (Wildman–Crippen MR) is 176 cm³/mol. The summed E-state index contributed by atoms with van der Waals surface area (Å²) in [6, 6.07) is 9.01. The molecule has 6 N–H and O–H groups in total. The molecule has 2 aliphatic carbocycles. The number of fused-ring (bicyclic) bond motifs is 2. The van der Waals surface area contributed by atoms with E-state index in [4.69, 9.17) is 26.1 Å². The Labute approximate surface area is 320 Å². The van der Waals surface area contributed by atoms with Crippen LogP contribution in [0.4, 0.5) is 5.13 Å². The van der Waals surface area contributed by atoms with E-state index < -0.39 is 12.5 Å². The molecular weight excluding hydrogens is 661 g/mol. The summed E-state index contributed by atoms with van der Waals surface area (Å²) in [5, 5.41) is 15.1. The molecular formula is C32H41ClKN3O8S. The van der Waals surface area contributed by atoms with Gasteiger partial charge < -0.3 is 40.4 Å². The van der Waals surface area contributed by atoms with E-state index in [1.165, 1.54) is 53.3 Å². The van der Waals surface area contributed by atoms with E-state index in [2.05, 4.69) is 0 Å². The van der Waals surface area contributed by atoms with Crippen LogP contribution in [0.1, 0.15) is 54.2 Å². The zero-order valence-corrected chi connectivity index (χ0v) is 31.7. The monoisotopic (exact) mass is 701 g/mol. The molecule has 46 heavy (non-hydrogen) atoms. The number of aromatic nitrogens is 2. The number of hydrogen-bond acceptors (Lipinski definition) is 7. The molecule has 0 bridgehead atoms. The second kappa shape index (κ2) is 17.9. The number of carbonyl (C=O) groups excluding carboxylic acids is 2. The first-order chi connectivity index (χ1) is 20.1. The van der Waals surface area contributed by atoms with Gasteiger partial charge in [0, 0.05) is 28.9 Å². The maximum Gasteiger partial charge on any atom is 1.00 e. The maximum absolute atomic E-state index is 13.8. The van der Waals surface area contributed by atoms with Crippen molar-refractivity contribution in [3.8, 4) is 22.8 Å². The fraction of sp³-hybridized carbons (Fsp3) is 0.406. The van der Waals surface area contributed by atoms with Crippen LogP contribution in [-0.2, 0) is 11.3 Å². The first kappa shape index (κ1) is 42.0. The van der Waals surface area contributed by atoms with Gasteiger partial charge in [-0.15, -0.1) is 11.3 Å². The third-order valence-electron chi connectivity index (χ3n) is 8.09. The van der Waals surface area contributed by atoms with Crippen molar-refractivity contribution in [1.82, 2.24) is 9.55 Å². The minimum Gasteiger partial charge on any atom is -0.548 e. The Bertz CT molecular complexity index is 1650. The van der Waals surface area contributed by atoms with E-state index in [1.54, 1.807) is 37.5 Å². The van der Waals surface area contributed by atoms with Gasteiger partial charge in [-0.2, -0.15) is 0 Å². The minimum atomic E-state index is -1.27. The van der Waals surface area contributed by atoms with E-state index in [1.807, 2.05) is 38.3 Å². The zero-order valence-electron chi connectivity index (χ0n) is 27.0. The molecule has 2 atom stereocenters. The van der Waals surface area contributed by atoms with Crippen molar-refractivity contribution >= 4 is 50.8 Å². The number of thiazole rings is 1. The number of amides is 1. The predicted octanol–water partition coefficient (Wildman–Crippen LogP) is 0.805. The standard InChI is InChI=1S/C26H26ClN3O5S.C6H10.K.3H2O/c1-6-29(26-28-19(13-36-26)17-10-22(35-5)18(27)11-21(17)34-4)25(33)20-9-16-8-14(2)7-15(3)24(16)30(20)12-23(31)32;1-2-5-4-6(5)3-1;;;;/h7-11,13H,6,12H2,1-5H3,(H,31,32);5-6H,1-4H2;;3*1H2/q;;+1;;;/p-1. The van der Waals surface area contributed by atoms with Crippen LogP contribution in [0.3, 0.4) is 0 Å². The number of anilines is 1. The Hall–Kier alpha value is -2.04. The van der Waals surface area contributed by atoms with Crippen molar-refractivity contribution in [2.45, 2.75) is 53.0 Å². The van der Waals surface area contributed by atoms with Gasteiger partial charge in [-0.3, -0.25) is 9.69 Å². The number of nitrogens with zero attached hydrogens (tertiary/aromatic N) is 3. The molecule has 2 aromatic heterocycles. The SMILES string of the molecule is C1CC2CC2C1.CCN(C(=O)c1cc2cc(C)cc(C)c2n1CC(=O)[O-])c1nc(-c2cc(OC)c(Cl)cc2OC)cs1.O.O.O.[K+]. The Morgan fingerprint density at radius 3 is 2.22 bits per heavy atom. The number of ether oxygens (including phenoxy) is 2. The molecule has 2 aliphatic rings. The number of aliphatic carboxylic acids is 1. The number of carbonyl (C=O) groups is 2. The van der Waals surface area contributed by atoms with Crippen LogP contribution in [0.25, 0.3) is 22.2 Å². The number of hydrogen-bond donors (Lipinski definition) is 0. The largest absolute Gasteiger partial charge is 1.00 e. The van der Waals surface area contributed by atoms with Gasteiger partial charge in [0.25, 0.3) is 5.91 Å². The number of benzene rings is 2. The molecule has 4 aromatic rings. The van der Waals surface area contributed by atoms with Gasteiger partial charge in [0.1, 0.15) is 17.2 Å². The van der Waals surface area contributed by atoms with Gasteiger partial charge in [-0.05, 0) is 62.8 Å². The molecule has 6 rings (SSSR count). The molecule has 2 aromatic carbocycles. The van der Waals surface area contributed by atoms with Crippen molar-refractivity contribution in [3.05, 3.63) is 57.6 Å². The summed E-state index contributed by atoms with van der Waals surface area (Å²) >= 11 is 7.53. The molecule has 0 saturated heterocycles. The van der Waals surface area contributed by atoms with Crippen LogP contribution in [0.5, 0.6) is 11.5 Å². The molecule has 0 radical (unpaired) electrons. The maximum atomic E-state index is 13.8. The third-order valence-corrected chi connectivity index (χ3v) is 9.25. The number of halogens is 1. The molecule has 2 heterocycles. The Morgan fingerprint density at radius 2 is 1.70 bits per heavy atom.